The molecule has 1 atom stereocenters. The van der Waals surface area contributed by atoms with Crippen LogP contribution in [0.5, 0.6) is 0 Å². The van der Waals surface area contributed by atoms with E-state index in [1.54, 1.807) is 18.2 Å². The van der Waals surface area contributed by atoms with Gasteiger partial charge >= 0.3 is 6.18 Å². The highest BCUT2D eigenvalue weighted by Crippen LogP contribution is 2.30. The summed E-state index contributed by atoms with van der Waals surface area (Å²) in [5.41, 5.74) is 5.24. The van der Waals surface area contributed by atoms with Gasteiger partial charge in [-0.25, -0.2) is 0 Å². The van der Waals surface area contributed by atoms with Crippen molar-refractivity contribution in [3.8, 4) is 0 Å². The number of hydrazine groups is 1. The first-order valence-corrected chi connectivity index (χ1v) is 7.77. The fourth-order valence-corrected chi connectivity index (χ4v) is 2.15. The Kier molecular flexibility index (Phi) is 5.86. The number of halogens is 3. The molecule has 0 heterocycles. The molecule has 2 rings (SSSR count). The first kappa shape index (κ1) is 19.3. The molecule has 0 saturated heterocycles. The highest BCUT2D eigenvalue weighted by Gasteiger charge is 2.30. The molecule has 0 radical (unpaired) electrons. The van der Waals surface area contributed by atoms with Crippen molar-refractivity contribution in [2.24, 2.45) is 0 Å². The number of anilines is 1. The monoisotopic (exact) mass is 365 g/mol. The van der Waals surface area contributed by atoms with E-state index >= 15 is 0 Å². The Morgan fingerprint density at radius 1 is 1.04 bits per heavy atom. The first-order valence-electron chi connectivity index (χ1n) is 7.77. The third-order valence-electron chi connectivity index (χ3n) is 3.54. The van der Waals surface area contributed by atoms with Crippen LogP contribution in [0.1, 0.15) is 28.4 Å². The number of carbonyl (C=O) groups excluding carboxylic acids is 2. The Bertz CT molecular complexity index is 806. The quantitative estimate of drug-likeness (QED) is 0.712. The van der Waals surface area contributed by atoms with E-state index in [0.717, 1.165) is 17.7 Å². The molecular formula is C18H18F3N3O2. The van der Waals surface area contributed by atoms with E-state index in [0.29, 0.717) is 5.56 Å². The lowest BCUT2D eigenvalue weighted by molar-refractivity contribution is -0.137. The van der Waals surface area contributed by atoms with Gasteiger partial charge in [-0.2, -0.15) is 13.2 Å². The van der Waals surface area contributed by atoms with Crippen LogP contribution in [-0.2, 0) is 11.0 Å². The highest BCUT2D eigenvalue weighted by atomic mass is 19.4. The van der Waals surface area contributed by atoms with Crippen molar-refractivity contribution in [1.29, 1.82) is 0 Å². The second kappa shape index (κ2) is 7.90. The van der Waals surface area contributed by atoms with Crippen molar-refractivity contribution in [3.63, 3.8) is 0 Å². The fourth-order valence-electron chi connectivity index (χ4n) is 2.15. The number of hydrogen-bond acceptors (Lipinski definition) is 3. The van der Waals surface area contributed by atoms with Crippen LogP contribution < -0.4 is 16.2 Å². The molecular weight excluding hydrogens is 347 g/mol. The molecule has 0 saturated carbocycles. The lowest BCUT2D eigenvalue weighted by Crippen LogP contribution is -2.46. The van der Waals surface area contributed by atoms with Gasteiger partial charge in [-0.15, -0.1) is 0 Å². The molecule has 0 aliphatic carbocycles. The summed E-state index contributed by atoms with van der Waals surface area (Å²) in [4.78, 5) is 24.1. The maximum absolute atomic E-state index is 12.7. The molecule has 0 aliphatic heterocycles. The molecule has 138 valence electrons. The lowest BCUT2D eigenvalue weighted by atomic mass is 10.1. The molecule has 3 N–H and O–H groups in total. The minimum atomic E-state index is -4.48. The molecule has 0 bridgehead atoms. The normalized spacial score (nSPS) is 12.2. The number of benzene rings is 2. The van der Waals surface area contributed by atoms with E-state index in [2.05, 4.69) is 16.2 Å². The Balaban J connectivity index is 1.92. The first-order chi connectivity index (χ1) is 12.2. The van der Waals surface area contributed by atoms with Crippen LogP contribution in [0.15, 0.2) is 48.5 Å². The summed E-state index contributed by atoms with van der Waals surface area (Å²) in [5, 5.41) is 2.52. The molecule has 2 aromatic rings. The van der Waals surface area contributed by atoms with E-state index in [-0.39, 0.29) is 5.69 Å². The molecule has 8 heteroatoms. The van der Waals surface area contributed by atoms with Gasteiger partial charge < -0.3 is 5.32 Å². The van der Waals surface area contributed by atoms with E-state index in [4.69, 9.17) is 0 Å². The zero-order valence-corrected chi connectivity index (χ0v) is 14.1. The van der Waals surface area contributed by atoms with Gasteiger partial charge in [-0.3, -0.25) is 20.4 Å². The van der Waals surface area contributed by atoms with Crippen molar-refractivity contribution in [3.05, 3.63) is 65.2 Å². The fraction of sp³-hybridized carbons (Fsp3) is 0.222. The number of amides is 2. The van der Waals surface area contributed by atoms with Gasteiger partial charge in [0.1, 0.15) is 6.04 Å². The highest BCUT2D eigenvalue weighted by molar-refractivity contribution is 5.97. The summed E-state index contributed by atoms with van der Waals surface area (Å²) < 4.78 is 38.0. The molecule has 5 nitrogen and oxygen atoms in total. The van der Waals surface area contributed by atoms with E-state index in [1.165, 1.54) is 19.1 Å². The summed E-state index contributed by atoms with van der Waals surface area (Å²) in [5.74, 6) is -1.01. The molecule has 0 aliphatic rings. The van der Waals surface area contributed by atoms with E-state index in [9.17, 15) is 22.8 Å². The van der Waals surface area contributed by atoms with Crippen LogP contribution in [0, 0.1) is 6.92 Å². The Labute approximate surface area is 148 Å². The minimum absolute atomic E-state index is 0.0744. The van der Waals surface area contributed by atoms with Crippen LogP contribution in [0.25, 0.3) is 0 Å². The van der Waals surface area contributed by atoms with Gasteiger partial charge in [0.25, 0.3) is 11.8 Å². The number of carbonyl (C=O) groups is 2. The lowest BCUT2D eigenvalue weighted by Gasteiger charge is -2.16. The number of rotatable bonds is 5. The summed E-state index contributed by atoms with van der Waals surface area (Å²) in [6.07, 6.45) is -4.48. The maximum atomic E-state index is 12.7. The number of aryl methyl sites for hydroxylation is 1. The molecule has 0 fully saturated rings. The predicted molar refractivity (Wildman–Crippen MR) is 91.3 cm³/mol. The molecule has 0 spiro atoms. The van der Waals surface area contributed by atoms with Crippen LogP contribution >= 0.6 is 0 Å². The van der Waals surface area contributed by atoms with Crippen molar-refractivity contribution >= 4 is 17.5 Å². The van der Waals surface area contributed by atoms with Gasteiger partial charge in [0.15, 0.2) is 0 Å². The molecule has 1 unspecified atom stereocenters. The number of alkyl halides is 3. The van der Waals surface area contributed by atoms with Crippen molar-refractivity contribution < 1.29 is 22.8 Å². The zero-order chi connectivity index (χ0) is 19.3. The Morgan fingerprint density at radius 2 is 1.73 bits per heavy atom. The van der Waals surface area contributed by atoms with Crippen molar-refractivity contribution in [1.82, 2.24) is 10.7 Å². The second-order valence-corrected chi connectivity index (χ2v) is 5.76. The minimum Gasteiger partial charge on any atom is -0.340 e. The maximum Gasteiger partial charge on any atom is 0.416 e. The topological polar surface area (TPSA) is 70.2 Å². The third-order valence-corrected chi connectivity index (χ3v) is 3.54. The van der Waals surface area contributed by atoms with Crippen LogP contribution in [0.4, 0.5) is 18.9 Å². The summed E-state index contributed by atoms with van der Waals surface area (Å²) in [6, 6.07) is 10.4. The molecule has 0 aromatic heterocycles. The predicted octanol–water partition coefficient (Wildman–Crippen LogP) is 3.28. The van der Waals surface area contributed by atoms with Gasteiger partial charge in [-0.1, -0.05) is 23.8 Å². The number of nitrogens with one attached hydrogen (secondary N) is 3. The average molecular weight is 365 g/mol. The Morgan fingerprint density at radius 3 is 2.38 bits per heavy atom. The van der Waals surface area contributed by atoms with Crippen LogP contribution in [0.2, 0.25) is 0 Å². The molecule has 2 aromatic carbocycles. The summed E-state index contributed by atoms with van der Waals surface area (Å²) in [7, 11) is 0. The second-order valence-electron chi connectivity index (χ2n) is 5.76. The third kappa shape index (κ3) is 5.23. The van der Waals surface area contributed by atoms with Crippen LogP contribution in [0.3, 0.4) is 0 Å². The Hall–Kier alpha value is -3.03. The van der Waals surface area contributed by atoms with Gasteiger partial charge in [0.05, 0.1) is 11.3 Å². The van der Waals surface area contributed by atoms with E-state index in [1.807, 2.05) is 13.0 Å². The number of hydrogen-bond donors (Lipinski definition) is 3. The smallest absolute Gasteiger partial charge is 0.340 e. The van der Waals surface area contributed by atoms with Crippen molar-refractivity contribution in [2.75, 3.05) is 5.43 Å². The van der Waals surface area contributed by atoms with Crippen LogP contribution in [-0.4, -0.2) is 17.9 Å². The average Bonchev–Trinajstić information content (AvgIpc) is 2.59. The van der Waals surface area contributed by atoms with Gasteiger partial charge in [0.2, 0.25) is 0 Å². The molecule has 2 amide bonds. The van der Waals surface area contributed by atoms with Gasteiger partial charge in [-0.05, 0) is 44.2 Å². The summed E-state index contributed by atoms with van der Waals surface area (Å²) in [6.45, 7) is 3.31. The van der Waals surface area contributed by atoms with Gasteiger partial charge in [0, 0.05) is 5.56 Å². The zero-order valence-electron chi connectivity index (χ0n) is 14.1. The molecule has 26 heavy (non-hydrogen) atoms. The standard InChI is InChI=1S/C18H18F3N3O2/c1-11-5-3-6-13(9-11)17(26)22-12(2)16(25)24-23-15-8-4-7-14(10-15)18(19,20)21/h3-10,12,23H,1-2H3,(H,22,26)(H,24,25). The van der Waals surface area contributed by atoms with E-state index < -0.39 is 29.6 Å². The largest absolute Gasteiger partial charge is 0.416 e. The van der Waals surface area contributed by atoms with Crippen molar-refractivity contribution in [2.45, 2.75) is 26.1 Å². The SMILES string of the molecule is Cc1cccc(C(=O)NC(C)C(=O)NNc2cccc(C(F)(F)F)c2)c1. The summed E-state index contributed by atoms with van der Waals surface area (Å²) >= 11 is 0.